The summed E-state index contributed by atoms with van der Waals surface area (Å²) in [6.45, 7) is 6.45. The first-order chi connectivity index (χ1) is 17.7. The Balaban J connectivity index is 1.38. The molecule has 4 amide bonds. The summed E-state index contributed by atoms with van der Waals surface area (Å²) >= 11 is 6.39. The molecule has 1 aliphatic carbocycles. The van der Waals surface area contributed by atoms with Crippen molar-refractivity contribution in [3.05, 3.63) is 58.9 Å². The maximum atomic E-state index is 13.3. The van der Waals surface area contributed by atoms with Gasteiger partial charge in [-0.2, -0.15) is 0 Å². The number of hydrogen-bond acceptors (Lipinski definition) is 4. The quantitative estimate of drug-likeness (QED) is 0.539. The van der Waals surface area contributed by atoms with E-state index in [4.69, 9.17) is 11.6 Å². The lowest BCUT2D eigenvalue weighted by molar-refractivity contribution is -0.136. The molecule has 0 unspecified atom stereocenters. The second-order valence-corrected chi connectivity index (χ2v) is 10.3. The fourth-order valence-corrected chi connectivity index (χ4v) is 4.45. The van der Waals surface area contributed by atoms with Crippen LogP contribution in [0.1, 0.15) is 32.3 Å². The minimum absolute atomic E-state index is 0.0542. The maximum absolute atomic E-state index is 13.3. The van der Waals surface area contributed by atoms with E-state index in [0.717, 1.165) is 24.1 Å². The number of anilines is 2. The van der Waals surface area contributed by atoms with Crippen LogP contribution in [0.15, 0.2) is 42.5 Å². The minimum Gasteiger partial charge on any atom is -0.368 e. The zero-order valence-electron chi connectivity index (χ0n) is 21.2. The molecule has 0 bridgehead atoms. The van der Waals surface area contributed by atoms with Gasteiger partial charge in [0.25, 0.3) is 0 Å². The van der Waals surface area contributed by atoms with Crippen molar-refractivity contribution in [2.24, 2.45) is 5.92 Å². The number of piperazine rings is 1. The van der Waals surface area contributed by atoms with Crippen LogP contribution >= 0.6 is 11.6 Å². The molecule has 10 heteroatoms. The molecular formula is C27H33ClFN5O3. The van der Waals surface area contributed by atoms with E-state index in [9.17, 15) is 18.8 Å². The van der Waals surface area contributed by atoms with Gasteiger partial charge in [-0.3, -0.25) is 9.59 Å². The van der Waals surface area contributed by atoms with Crippen LogP contribution in [0, 0.1) is 11.7 Å². The van der Waals surface area contributed by atoms with Crippen molar-refractivity contribution in [3.63, 3.8) is 0 Å². The van der Waals surface area contributed by atoms with Gasteiger partial charge in [0.15, 0.2) is 0 Å². The fraction of sp³-hybridized carbons (Fsp3) is 0.444. The summed E-state index contributed by atoms with van der Waals surface area (Å²) < 4.78 is 13.3. The molecule has 1 aliphatic heterocycles. The summed E-state index contributed by atoms with van der Waals surface area (Å²) in [5, 5.41) is 6.16. The average Bonchev–Trinajstić information content (AvgIpc) is 3.71. The van der Waals surface area contributed by atoms with Crippen LogP contribution in [0.4, 0.5) is 20.6 Å². The van der Waals surface area contributed by atoms with Gasteiger partial charge in [0.05, 0.1) is 10.7 Å². The predicted molar refractivity (Wildman–Crippen MR) is 142 cm³/mol. The third-order valence-electron chi connectivity index (χ3n) is 6.43. The minimum atomic E-state index is -0.356. The summed E-state index contributed by atoms with van der Waals surface area (Å²) in [4.78, 5) is 43.5. The number of hydrogen-bond donors (Lipinski definition) is 2. The molecule has 8 nitrogen and oxygen atoms in total. The number of urea groups is 1. The normalized spacial score (nSPS) is 15.5. The molecule has 4 rings (SSSR count). The van der Waals surface area contributed by atoms with Crippen LogP contribution in [0.5, 0.6) is 0 Å². The Hall–Kier alpha value is -3.33. The van der Waals surface area contributed by atoms with Gasteiger partial charge in [-0.25, -0.2) is 9.18 Å². The Morgan fingerprint density at radius 2 is 1.73 bits per heavy atom. The van der Waals surface area contributed by atoms with Gasteiger partial charge in [0.2, 0.25) is 11.8 Å². The van der Waals surface area contributed by atoms with Gasteiger partial charge in [0, 0.05) is 50.4 Å². The highest BCUT2D eigenvalue weighted by Gasteiger charge is 2.34. The van der Waals surface area contributed by atoms with Crippen molar-refractivity contribution >= 4 is 40.8 Å². The van der Waals surface area contributed by atoms with Crippen molar-refractivity contribution in [2.75, 3.05) is 42.9 Å². The second kappa shape index (κ2) is 11.8. The lowest BCUT2D eigenvalue weighted by Gasteiger charge is -2.36. The first-order valence-electron chi connectivity index (χ1n) is 12.6. The number of nitrogens with one attached hydrogen (secondary N) is 2. The number of rotatable bonds is 8. The van der Waals surface area contributed by atoms with E-state index < -0.39 is 0 Å². The highest BCUT2D eigenvalue weighted by atomic mass is 35.5. The van der Waals surface area contributed by atoms with Crippen molar-refractivity contribution in [2.45, 2.75) is 39.3 Å². The first kappa shape index (κ1) is 26.7. The Bertz CT molecular complexity index is 1130. The van der Waals surface area contributed by atoms with Crippen LogP contribution in [0.3, 0.4) is 0 Å². The molecule has 2 aromatic rings. The average molecular weight is 530 g/mol. The molecule has 0 spiro atoms. The summed E-state index contributed by atoms with van der Waals surface area (Å²) in [5.74, 6) is -0.832. The van der Waals surface area contributed by atoms with Crippen molar-refractivity contribution < 1.29 is 18.8 Å². The molecule has 2 fully saturated rings. The highest BCUT2D eigenvalue weighted by Crippen LogP contribution is 2.32. The van der Waals surface area contributed by atoms with Crippen LogP contribution in [0.2, 0.25) is 5.02 Å². The van der Waals surface area contributed by atoms with Crippen molar-refractivity contribution in [3.8, 4) is 0 Å². The van der Waals surface area contributed by atoms with Crippen LogP contribution in [0.25, 0.3) is 0 Å². The second-order valence-electron chi connectivity index (χ2n) is 9.89. The number of amides is 4. The van der Waals surface area contributed by atoms with Gasteiger partial charge < -0.3 is 25.3 Å². The third kappa shape index (κ3) is 7.35. The van der Waals surface area contributed by atoms with E-state index in [1.165, 1.54) is 17.0 Å². The molecule has 0 aromatic heterocycles. The molecule has 1 heterocycles. The van der Waals surface area contributed by atoms with Crippen LogP contribution in [-0.4, -0.2) is 66.4 Å². The lowest BCUT2D eigenvalue weighted by Crippen LogP contribution is -2.52. The maximum Gasteiger partial charge on any atom is 0.317 e. The number of benzene rings is 2. The zero-order chi connectivity index (χ0) is 26.5. The lowest BCUT2D eigenvalue weighted by atomic mass is 10.2. The van der Waals surface area contributed by atoms with Gasteiger partial charge >= 0.3 is 6.03 Å². The van der Waals surface area contributed by atoms with Gasteiger partial charge in [-0.15, -0.1) is 0 Å². The topological polar surface area (TPSA) is 85.0 Å². The number of carbonyl (C=O) groups excluding carboxylic acids is 3. The Morgan fingerprint density at radius 1 is 1.05 bits per heavy atom. The van der Waals surface area contributed by atoms with Crippen molar-refractivity contribution in [1.82, 2.24) is 15.1 Å². The SMILES string of the molecule is CC(C)NC(=O)N1CCN(c2ccc(Cl)c(NC(=O)CN(Cc3ccc(F)cc3)C(=O)C3CC3)c2)CC1. The van der Waals surface area contributed by atoms with Crippen LogP contribution in [-0.2, 0) is 16.1 Å². The van der Waals surface area contributed by atoms with E-state index in [1.54, 1.807) is 23.1 Å². The van der Waals surface area contributed by atoms with E-state index in [1.807, 2.05) is 26.0 Å². The molecule has 37 heavy (non-hydrogen) atoms. The van der Waals surface area contributed by atoms with Crippen molar-refractivity contribution in [1.29, 1.82) is 0 Å². The van der Waals surface area contributed by atoms with E-state index in [-0.39, 0.29) is 48.7 Å². The summed E-state index contributed by atoms with van der Waals surface area (Å²) in [5.41, 5.74) is 2.11. The van der Waals surface area contributed by atoms with E-state index in [2.05, 4.69) is 15.5 Å². The summed E-state index contributed by atoms with van der Waals surface area (Å²) in [6.07, 6.45) is 1.64. The molecule has 198 valence electrons. The standard InChI is InChI=1S/C27H33ClFN5O3/c1-18(2)30-27(37)33-13-11-32(12-14-33)22-9-10-23(28)24(15-22)31-25(35)17-34(26(36)20-5-6-20)16-19-3-7-21(29)8-4-19/h3-4,7-10,15,18,20H,5-6,11-14,16-17H2,1-2H3,(H,30,37)(H,31,35). The first-order valence-corrected chi connectivity index (χ1v) is 13.0. The highest BCUT2D eigenvalue weighted by molar-refractivity contribution is 6.33. The third-order valence-corrected chi connectivity index (χ3v) is 6.76. The largest absolute Gasteiger partial charge is 0.368 e. The van der Waals surface area contributed by atoms with E-state index in [0.29, 0.717) is 36.9 Å². The molecule has 1 saturated heterocycles. The molecule has 0 atom stereocenters. The zero-order valence-corrected chi connectivity index (χ0v) is 21.9. The molecular weight excluding hydrogens is 497 g/mol. The number of carbonyl (C=O) groups is 3. The molecule has 2 N–H and O–H groups in total. The molecule has 0 radical (unpaired) electrons. The summed E-state index contributed by atoms with van der Waals surface area (Å²) in [6, 6.07) is 11.4. The Kier molecular flexibility index (Phi) is 8.53. The number of halogens is 2. The van der Waals surface area contributed by atoms with Crippen LogP contribution < -0.4 is 15.5 Å². The van der Waals surface area contributed by atoms with Gasteiger partial charge in [-0.1, -0.05) is 23.7 Å². The van der Waals surface area contributed by atoms with Gasteiger partial charge in [-0.05, 0) is 62.6 Å². The smallest absolute Gasteiger partial charge is 0.317 e. The van der Waals surface area contributed by atoms with Gasteiger partial charge in [0.1, 0.15) is 12.4 Å². The fourth-order valence-electron chi connectivity index (χ4n) is 4.29. The predicted octanol–water partition coefficient (Wildman–Crippen LogP) is 4.10. The molecule has 2 aromatic carbocycles. The number of nitrogens with zero attached hydrogens (tertiary/aromatic N) is 3. The summed E-state index contributed by atoms with van der Waals surface area (Å²) in [7, 11) is 0. The monoisotopic (exact) mass is 529 g/mol. The van der Waals surface area contributed by atoms with E-state index >= 15 is 0 Å². The molecule has 1 saturated carbocycles. The Labute approximate surface area is 221 Å². The molecule has 2 aliphatic rings. The Morgan fingerprint density at radius 3 is 2.35 bits per heavy atom.